The molecular formula is C18H22N2O4. The van der Waals surface area contributed by atoms with Gasteiger partial charge in [-0.2, -0.15) is 0 Å². The number of aromatic nitrogens is 2. The van der Waals surface area contributed by atoms with Crippen LogP contribution in [0.15, 0.2) is 24.3 Å². The third-order valence-electron chi connectivity index (χ3n) is 3.53. The maximum absolute atomic E-state index is 12.3. The highest BCUT2D eigenvalue weighted by Gasteiger charge is 2.10. The van der Waals surface area contributed by atoms with Gasteiger partial charge in [-0.05, 0) is 44.2 Å². The number of H-pyrrole nitrogens is 1. The molecule has 0 spiro atoms. The number of nitrogens with one attached hydrogen (secondary N) is 1. The second kappa shape index (κ2) is 8.31. The summed E-state index contributed by atoms with van der Waals surface area (Å²) in [6, 6.07) is 5.08. The van der Waals surface area contributed by atoms with Crippen LogP contribution in [-0.4, -0.2) is 43.2 Å². The van der Waals surface area contributed by atoms with Gasteiger partial charge in [0.2, 0.25) is 0 Å². The van der Waals surface area contributed by atoms with Gasteiger partial charge in [-0.15, -0.1) is 0 Å². The van der Waals surface area contributed by atoms with Gasteiger partial charge in [0.25, 0.3) is 0 Å². The number of ketones is 1. The Hall–Kier alpha value is -2.60. The van der Waals surface area contributed by atoms with Crippen molar-refractivity contribution in [2.45, 2.75) is 13.8 Å². The van der Waals surface area contributed by atoms with Crippen molar-refractivity contribution in [2.75, 3.05) is 27.4 Å². The number of benzene rings is 1. The zero-order valence-electron chi connectivity index (χ0n) is 14.4. The lowest BCUT2D eigenvalue weighted by molar-refractivity contribution is 0.104. The molecule has 6 nitrogen and oxygen atoms in total. The maximum atomic E-state index is 12.3. The fraction of sp³-hybridized carbons (Fsp3) is 0.333. The number of carbonyl (C=O) groups excluding carboxylic acids is 1. The molecule has 2 rings (SSSR count). The fourth-order valence-electron chi connectivity index (χ4n) is 2.08. The lowest BCUT2D eigenvalue weighted by Gasteiger charge is -2.11. The largest absolute Gasteiger partial charge is 0.493 e. The summed E-state index contributed by atoms with van der Waals surface area (Å²) < 4.78 is 15.8. The molecule has 2 aromatic rings. The lowest BCUT2D eigenvalue weighted by Crippen LogP contribution is -2.06. The van der Waals surface area contributed by atoms with E-state index >= 15 is 0 Å². The molecule has 0 aliphatic heterocycles. The molecule has 1 aromatic carbocycles. The number of methoxy groups -OCH3 is 2. The SMILES string of the molecule is COCCOc1ccc(C(=O)/C=C/c2nc(C)c(C)[nH]2)cc1OC. The molecule has 0 amide bonds. The molecule has 0 bridgehead atoms. The fourth-order valence-corrected chi connectivity index (χ4v) is 2.08. The summed E-state index contributed by atoms with van der Waals surface area (Å²) in [7, 11) is 3.15. The summed E-state index contributed by atoms with van der Waals surface area (Å²) in [6.07, 6.45) is 3.15. The number of rotatable bonds is 8. The van der Waals surface area contributed by atoms with Crippen molar-refractivity contribution in [1.29, 1.82) is 0 Å². The van der Waals surface area contributed by atoms with Crippen molar-refractivity contribution < 1.29 is 19.0 Å². The average molecular weight is 330 g/mol. The van der Waals surface area contributed by atoms with Crippen LogP contribution >= 0.6 is 0 Å². The number of ether oxygens (including phenoxy) is 3. The molecule has 0 unspecified atom stereocenters. The monoisotopic (exact) mass is 330 g/mol. The third-order valence-corrected chi connectivity index (χ3v) is 3.53. The summed E-state index contributed by atoms with van der Waals surface area (Å²) >= 11 is 0. The first kappa shape index (κ1) is 17.7. The van der Waals surface area contributed by atoms with Crippen molar-refractivity contribution >= 4 is 11.9 Å². The minimum Gasteiger partial charge on any atom is -0.493 e. The minimum absolute atomic E-state index is 0.136. The third kappa shape index (κ3) is 4.45. The predicted molar refractivity (Wildman–Crippen MR) is 91.8 cm³/mol. The minimum atomic E-state index is -0.136. The van der Waals surface area contributed by atoms with E-state index < -0.39 is 0 Å². The van der Waals surface area contributed by atoms with Crippen LogP contribution in [0, 0.1) is 13.8 Å². The van der Waals surface area contributed by atoms with E-state index in [0.717, 1.165) is 11.4 Å². The molecule has 0 radical (unpaired) electrons. The van der Waals surface area contributed by atoms with E-state index in [9.17, 15) is 4.79 Å². The van der Waals surface area contributed by atoms with Crippen molar-refractivity contribution in [2.24, 2.45) is 0 Å². The van der Waals surface area contributed by atoms with Gasteiger partial charge >= 0.3 is 0 Å². The molecule has 24 heavy (non-hydrogen) atoms. The zero-order chi connectivity index (χ0) is 17.5. The topological polar surface area (TPSA) is 73.4 Å². The van der Waals surface area contributed by atoms with Gasteiger partial charge in [-0.1, -0.05) is 0 Å². The Morgan fingerprint density at radius 3 is 2.62 bits per heavy atom. The number of hydrogen-bond acceptors (Lipinski definition) is 5. The summed E-state index contributed by atoms with van der Waals surface area (Å²) in [5, 5.41) is 0. The molecule has 1 aromatic heterocycles. The van der Waals surface area contributed by atoms with Gasteiger partial charge in [0, 0.05) is 18.4 Å². The Bertz CT molecular complexity index is 715. The molecule has 0 saturated carbocycles. The Balaban J connectivity index is 2.11. The molecule has 1 heterocycles. The highest BCUT2D eigenvalue weighted by molar-refractivity contribution is 6.07. The van der Waals surface area contributed by atoms with E-state index in [0.29, 0.717) is 36.1 Å². The van der Waals surface area contributed by atoms with Crippen LogP contribution in [0.3, 0.4) is 0 Å². The van der Waals surface area contributed by atoms with Gasteiger partial charge in [0.05, 0.1) is 19.4 Å². The number of imidazole rings is 1. The first-order valence-corrected chi connectivity index (χ1v) is 7.60. The highest BCUT2D eigenvalue weighted by atomic mass is 16.5. The Kier molecular flexibility index (Phi) is 6.14. The number of aryl methyl sites for hydroxylation is 2. The van der Waals surface area contributed by atoms with Crippen LogP contribution in [0.5, 0.6) is 11.5 Å². The average Bonchev–Trinajstić information content (AvgIpc) is 2.91. The first-order valence-electron chi connectivity index (χ1n) is 7.60. The van der Waals surface area contributed by atoms with Crippen molar-refractivity contribution in [3.8, 4) is 11.5 Å². The number of aromatic amines is 1. The summed E-state index contributed by atoms with van der Waals surface area (Å²) in [5.41, 5.74) is 2.42. The second-order valence-corrected chi connectivity index (χ2v) is 5.24. The van der Waals surface area contributed by atoms with Crippen LogP contribution in [0.4, 0.5) is 0 Å². The summed E-state index contributed by atoms with van der Waals surface area (Å²) in [4.78, 5) is 19.7. The smallest absolute Gasteiger partial charge is 0.186 e. The van der Waals surface area contributed by atoms with E-state index in [-0.39, 0.29) is 5.78 Å². The standard InChI is InChI=1S/C18H22N2O4/c1-12-13(2)20-18(19-12)8-6-15(21)14-5-7-16(17(11-14)23-4)24-10-9-22-3/h5-8,11H,9-10H2,1-4H3,(H,19,20)/b8-6+. The summed E-state index contributed by atoms with van der Waals surface area (Å²) in [5.74, 6) is 1.61. The van der Waals surface area contributed by atoms with Gasteiger partial charge in [-0.3, -0.25) is 4.79 Å². The quantitative estimate of drug-likeness (QED) is 0.458. The van der Waals surface area contributed by atoms with E-state index in [1.165, 1.54) is 13.2 Å². The number of nitrogens with zero attached hydrogens (tertiary/aromatic N) is 1. The second-order valence-electron chi connectivity index (χ2n) is 5.24. The van der Waals surface area contributed by atoms with Gasteiger partial charge in [0.1, 0.15) is 12.4 Å². The Labute approximate surface area is 141 Å². The van der Waals surface area contributed by atoms with Crippen molar-refractivity contribution in [3.63, 3.8) is 0 Å². The van der Waals surface area contributed by atoms with Crippen LogP contribution < -0.4 is 9.47 Å². The van der Waals surface area contributed by atoms with Crippen LogP contribution in [0.1, 0.15) is 27.6 Å². The van der Waals surface area contributed by atoms with Crippen molar-refractivity contribution in [3.05, 3.63) is 47.1 Å². The molecule has 6 heteroatoms. The van der Waals surface area contributed by atoms with Crippen LogP contribution in [0.25, 0.3) is 6.08 Å². The molecular weight excluding hydrogens is 308 g/mol. The number of carbonyl (C=O) groups is 1. The molecule has 1 N–H and O–H groups in total. The lowest BCUT2D eigenvalue weighted by atomic mass is 10.1. The van der Waals surface area contributed by atoms with Crippen molar-refractivity contribution in [1.82, 2.24) is 9.97 Å². The zero-order valence-corrected chi connectivity index (χ0v) is 14.4. The van der Waals surface area contributed by atoms with Gasteiger partial charge in [-0.25, -0.2) is 4.98 Å². The maximum Gasteiger partial charge on any atom is 0.186 e. The molecule has 0 fully saturated rings. The van der Waals surface area contributed by atoms with Gasteiger partial charge in [0.15, 0.2) is 17.3 Å². The van der Waals surface area contributed by atoms with Gasteiger partial charge < -0.3 is 19.2 Å². The highest BCUT2D eigenvalue weighted by Crippen LogP contribution is 2.28. The molecule has 0 aliphatic rings. The number of allylic oxidation sites excluding steroid dienone is 1. The summed E-state index contributed by atoms with van der Waals surface area (Å²) in [6.45, 7) is 4.75. The molecule has 0 saturated heterocycles. The van der Waals surface area contributed by atoms with Crippen LogP contribution in [-0.2, 0) is 4.74 Å². The molecule has 128 valence electrons. The molecule has 0 aliphatic carbocycles. The normalized spacial score (nSPS) is 11.0. The predicted octanol–water partition coefficient (Wildman–Crippen LogP) is 2.96. The van der Waals surface area contributed by atoms with E-state index in [1.54, 1.807) is 31.4 Å². The first-order chi connectivity index (χ1) is 11.5. The van der Waals surface area contributed by atoms with E-state index in [4.69, 9.17) is 14.2 Å². The Morgan fingerprint density at radius 1 is 1.21 bits per heavy atom. The molecule has 0 atom stereocenters. The van der Waals surface area contributed by atoms with E-state index in [1.807, 2.05) is 13.8 Å². The van der Waals surface area contributed by atoms with Crippen LogP contribution in [0.2, 0.25) is 0 Å². The Morgan fingerprint density at radius 2 is 2.00 bits per heavy atom. The number of hydrogen-bond donors (Lipinski definition) is 1. The van der Waals surface area contributed by atoms with E-state index in [2.05, 4.69) is 9.97 Å².